The Kier molecular flexibility index (Phi) is 3.23. The van der Waals surface area contributed by atoms with Gasteiger partial charge < -0.3 is 10.2 Å². The fourth-order valence-corrected chi connectivity index (χ4v) is 2.82. The lowest BCUT2D eigenvalue weighted by molar-refractivity contribution is 0.269. The Morgan fingerprint density at radius 1 is 1.15 bits per heavy atom. The SMILES string of the molecule is CN1CCCC2NCCCCC2C1. The molecule has 2 nitrogen and oxygen atoms in total. The highest BCUT2D eigenvalue weighted by Gasteiger charge is 2.26. The van der Waals surface area contributed by atoms with Gasteiger partial charge in [0.15, 0.2) is 0 Å². The molecule has 0 aliphatic carbocycles. The van der Waals surface area contributed by atoms with Crippen molar-refractivity contribution in [3.05, 3.63) is 0 Å². The molecule has 2 heteroatoms. The van der Waals surface area contributed by atoms with Gasteiger partial charge in [0.25, 0.3) is 0 Å². The Balaban J connectivity index is 1.98. The maximum Gasteiger partial charge on any atom is 0.0108 e. The van der Waals surface area contributed by atoms with Crippen LogP contribution in [0.1, 0.15) is 32.1 Å². The number of fused-ring (bicyclic) bond motifs is 1. The van der Waals surface area contributed by atoms with Crippen LogP contribution in [0.25, 0.3) is 0 Å². The molecular formula is C11H22N2. The van der Waals surface area contributed by atoms with Crippen LogP contribution in [0, 0.1) is 5.92 Å². The summed E-state index contributed by atoms with van der Waals surface area (Å²) in [4.78, 5) is 2.51. The summed E-state index contributed by atoms with van der Waals surface area (Å²) in [5.41, 5.74) is 0. The van der Waals surface area contributed by atoms with Gasteiger partial charge in [-0.2, -0.15) is 0 Å². The first-order valence-electron chi connectivity index (χ1n) is 5.78. The minimum Gasteiger partial charge on any atom is -0.314 e. The molecule has 2 saturated heterocycles. The van der Waals surface area contributed by atoms with Crippen molar-refractivity contribution in [1.82, 2.24) is 10.2 Å². The topological polar surface area (TPSA) is 15.3 Å². The van der Waals surface area contributed by atoms with Gasteiger partial charge in [0.2, 0.25) is 0 Å². The van der Waals surface area contributed by atoms with E-state index in [-0.39, 0.29) is 0 Å². The van der Waals surface area contributed by atoms with Crippen LogP contribution in [0.3, 0.4) is 0 Å². The van der Waals surface area contributed by atoms with E-state index in [1.54, 1.807) is 0 Å². The molecule has 76 valence electrons. The summed E-state index contributed by atoms with van der Waals surface area (Å²) in [7, 11) is 2.27. The van der Waals surface area contributed by atoms with Crippen LogP contribution in [-0.2, 0) is 0 Å². The van der Waals surface area contributed by atoms with E-state index in [0.717, 1.165) is 12.0 Å². The van der Waals surface area contributed by atoms with E-state index in [2.05, 4.69) is 17.3 Å². The lowest BCUT2D eigenvalue weighted by Gasteiger charge is -2.25. The number of nitrogens with zero attached hydrogens (tertiary/aromatic N) is 1. The zero-order chi connectivity index (χ0) is 9.10. The lowest BCUT2D eigenvalue weighted by Crippen LogP contribution is -2.37. The number of rotatable bonds is 0. The van der Waals surface area contributed by atoms with Crippen molar-refractivity contribution < 1.29 is 0 Å². The van der Waals surface area contributed by atoms with E-state index in [9.17, 15) is 0 Å². The van der Waals surface area contributed by atoms with Gasteiger partial charge in [-0.3, -0.25) is 0 Å². The summed E-state index contributed by atoms with van der Waals surface area (Å²) in [5.74, 6) is 0.926. The van der Waals surface area contributed by atoms with E-state index >= 15 is 0 Å². The first-order chi connectivity index (χ1) is 6.36. The molecule has 0 saturated carbocycles. The molecule has 2 rings (SSSR count). The van der Waals surface area contributed by atoms with Crippen LogP contribution in [0.5, 0.6) is 0 Å². The molecule has 0 radical (unpaired) electrons. The maximum absolute atomic E-state index is 3.72. The quantitative estimate of drug-likeness (QED) is 0.610. The van der Waals surface area contributed by atoms with Gasteiger partial charge >= 0.3 is 0 Å². The van der Waals surface area contributed by atoms with Gasteiger partial charge in [0.1, 0.15) is 0 Å². The molecular weight excluding hydrogens is 160 g/mol. The van der Waals surface area contributed by atoms with Gasteiger partial charge in [-0.15, -0.1) is 0 Å². The molecule has 2 heterocycles. The van der Waals surface area contributed by atoms with E-state index in [4.69, 9.17) is 0 Å². The number of nitrogens with one attached hydrogen (secondary N) is 1. The van der Waals surface area contributed by atoms with Crippen LogP contribution >= 0.6 is 0 Å². The van der Waals surface area contributed by atoms with Crippen molar-refractivity contribution >= 4 is 0 Å². The normalized spacial score (nSPS) is 37.6. The average molecular weight is 182 g/mol. The first-order valence-corrected chi connectivity index (χ1v) is 5.78. The Morgan fingerprint density at radius 2 is 2.08 bits per heavy atom. The summed E-state index contributed by atoms with van der Waals surface area (Å²) < 4.78 is 0. The Bertz CT molecular complexity index is 158. The second-order valence-corrected chi connectivity index (χ2v) is 4.72. The number of likely N-dealkylation sites (tertiary alicyclic amines) is 1. The third-order valence-electron chi connectivity index (χ3n) is 3.58. The lowest BCUT2D eigenvalue weighted by atomic mass is 9.93. The molecule has 13 heavy (non-hydrogen) atoms. The molecule has 2 fully saturated rings. The Morgan fingerprint density at radius 3 is 3.00 bits per heavy atom. The molecule has 2 aliphatic rings. The van der Waals surface area contributed by atoms with Crippen molar-refractivity contribution in [3.8, 4) is 0 Å². The first kappa shape index (κ1) is 9.47. The van der Waals surface area contributed by atoms with E-state index < -0.39 is 0 Å². The summed E-state index contributed by atoms with van der Waals surface area (Å²) >= 11 is 0. The van der Waals surface area contributed by atoms with Crippen LogP contribution < -0.4 is 5.32 Å². The third kappa shape index (κ3) is 2.44. The molecule has 0 amide bonds. The second-order valence-electron chi connectivity index (χ2n) is 4.72. The van der Waals surface area contributed by atoms with Gasteiger partial charge in [0.05, 0.1) is 0 Å². The third-order valence-corrected chi connectivity index (χ3v) is 3.58. The van der Waals surface area contributed by atoms with Crippen molar-refractivity contribution in [2.75, 3.05) is 26.7 Å². The van der Waals surface area contributed by atoms with E-state index in [1.165, 1.54) is 51.7 Å². The summed E-state index contributed by atoms with van der Waals surface area (Å²) in [5, 5.41) is 3.72. The van der Waals surface area contributed by atoms with E-state index in [0.29, 0.717) is 0 Å². The fourth-order valence-electron chi connectivity index (χ4n) is 2.82. The molecule has 1 N–H and O–H groups in total. The van der Waals surface area contributed by atoms with Crippen molar-refractivity contribution in [3.63, 3.8) is 0 Å². The van der Waals surface area contributed by atoms with Crippen LogP contribution in [0.15, 0.2) is 0 Å². The molecule has 0 aromatic rings. The van der Waals surface area contributed by atoms with E-state index in [1.807, 2.05) is 0 Å². The molecule has 0 aromatic heterocycles. The van der Waals surface area contributed by atoms with Crippen LogP contribution in [-0.4, -0.2) is 37.6 Å². The summed E-state index contributed by atoms with van der Waals surface area (Å²) in [6.07, 6.45) is 7.04. The monoisotopic (exact) mass is 182 g/mol. The smallest absolute Gasteiger partial charge is 0.0108 e. The highest BCUT2D eigenvalue weighted by atomic mass is 15.1. The fraction of sp³-hybridized carbons (Fsp3) is 1.00. The minimum atomic E-state index is 0.826. The van der Waals surface area contributed by atoms with Crippen LogP contribution in [0.4, 0.5) is 0 Å². The highest BCUT2D eigenvalue weighted by Crippen LogP contribution is 2.23. The standard InChI is InChI=1S/C11H22N2/c1-13-8-4-6-11-10(9-13)5-2-3-7-12-11/h10-12H,2-9H2,1H3. The zero-order valence-corrected chi connectivity index (χ0v) is 8.76. The molecule has 0 aromatic carbocycles. The van der Waals surface area contributed by atoms with Gasteiger partial charge in [-0.1, -0.05) is 6.42 Å². The predicted octanol–water partition coefficient (Wildman–Crippen LogP) is 1.47. The van der Waals surface area contributed by atoms with Crippen molar-refractivity contribution in [2.45, 2.75) is 38.1 Å². The highest BCUT2D eigenvalue weighted by molar-refractivity contribution is 4.84. The Labute approximate surface area is 81.7 Å². The van der Waals surface area contributed by atoms with Gasteiger partial charge in [-0.25, -0.2) is 0 Å². The zero-order valence-electron chi connectivity index (χ0n) is 8.76. The molecule has 0 spiro atoms. The van der Waals surface area contributed by atoms with Crippen molar-refractivity contribution in [1.29, 1.82) is 0 Å². The Hall–Kier alpha value is -0.0800. The minimum absolute atomic E-state index is 0.826. The number of hydrogen-bond donors (Lipinski definition) is 1. The largest absolute Gasteiger partial charge is 0.314 e. The molecule has 2 aliphatic heterocycles. The predicted molar refractivity (Wildman–Crippen MR) is 55.9 cm³/mol. The average Bonchev–Trinajstić information content (AvgIpc) is 2.38. The van der Waals surface area contributed by atoms with Gasteiger partial charge in [0, 0.05) is 12.6 Å². The molecule has 2 unspecified atom stereocenters. The van der Waals surface area contributed by atoms with Crippen LogP contribution in [0.2, 0.25) is 0 Å². The van der Waals surface area contributed by atoms with Crippen molar-refractivity contribution in [2.24, 2.45) is 5.92 Å². The summed E-state index contributed by atoms with van der Waals surface area (Å²) in [6.45, 7) is 3.87. The van der Waals surface area contributed by atoms with Gasteiger partial charge in [-0.05, 0) is 51.7 Å². The molecule has 0 bridgehead atoms. The second kappa shape index (κ2) is 4.43. The number of hydrogen-bond acceptors (Lipinski definition) is 2. The maximum atomic E-state index is 3.72. The molecule has 2 atom stereocenters. The summed E-state index contributed by atoms with van der Waals surface area (Å²) in [6, 6.07) is 0.826.